The number of rotatable bonds is 8. The minimum Gasteiger partial charge on any atom is -0.457 e. The topological polar surface area (TPSA) is 75.0 Å². The predicted octanol–water partition coefficient (Wildman–Crippen LogP) is 11.0. The van der Waals surface area contributed by atoms with Crippen molar-refractivity contribution < 1.29 is 9.47 Å². The number of thiophene rings is 1. The summed E-state index contributed by atoms with van der Waals surface area (Å²) in [7, 11) is 0. The number of benzene rings is 4. The Bertz CT molecular complexity index is 2440. The van der Waals surface area contributed by atoms with Crippen LogP contribution in [0, 0.1) is 0 Å². The molecule has 0 saturated carbocycles. The van der Waals surface area contributed by atoms with Gasteiger partial charge in [-0.1, -0.05) is 36.4 Å². The molecule has 7 nitrogen and oxygen atoms in total. The lowest BCUT2D eigenvalue weighted by Crippen LogP contribution is -2.01. The lowest BCUT2D eigenvalue weighted by atomic mass is 10.1. The fourth-order valence-corrected chi connectivity index (χ4v) is 6.78. The number of fused-ring (bicyclic) bond motifs is 3. The SMILES string of the molecule is c1ccc(-c2cccc(Oc3ccc4c5ccc(Oc6cccc(-c7ccccn7)c6)cc5n(-c5ncc(-c6ccsc6)cn5)c4c3)c2)nc1. The highest BCUT2D eigenvalue weighted by Crippen LogP contribution is 2.38. The highest BCUT2D eigenvalue weighted by Gasteiger charge is 2.17. The fourth-order valence-electron chi connectivity index (χ4n) is 6.11. The van der Waals surface area contributed by atoms with Crippen LogP contribution >= 0.6 is 11.3 Å². The highest BCUT2D eigenvalue weighted by molar-refractivity contribution is 7.08. The molecule has 8 heteroatoms. The van der Waals surface area contributed by atoms with Gasteiger partial charge in [0, 0.05) is 64.4 Å². The van der Waals surface area contributed by atoms with E-state index in [1.165, 1.54) is 0 Å². The lowest BCUT2D eigenvalue weighted by Gasteiger charge is -2.10. The molecule has 5 aromatic heterocycles. The maximum absolute atomic E-state index is 6.44. The molecular formula is C42H27N5O2S. The second-order valence-electron chi connectivity index (χ2n) is 11.7. The van der Waals surface area contributed by atoms with E-state index >= 15 is 0 Å². The molecule has 0 aliphatic heterocycles. The second kappa shape index (κ2) is 12.8. The maximum atomic E-state index is 6.44. The van der Waals surface area contributed by atoms with Gasteiger partial charge >= 0.3 is 0 Å². The van der Waals surface area contributed by atoms with Crippen LogP contribution in [0.5, 0.6) is 23.0 Å². The zero-order chi connectivity index (χ0) is 33.3. The summed E-state index contributed by atoms with van der Waals surface area (Å²) >= 11 is 1.65. The summed E-state index contributed by atoms with van der Waals surface area (Å²) in [4.78, 5) is 18.7. The Hall–Kier alpha value is -6.64. The van der Waals surface area contributed by atoms with Crippen molar-refractivity contribution in [3.8, 4) is 62.6 Å². The summed E-state index contributed by atoms with van der Waals surface area (Å²) < 4.78 is 15.0. The van der Waals surface area contributed by atoms with E-state index in [0.717, 1.165) is 66.9 Å². The molecule has 0 bridgehead atoms. The maximum Gasteiger partial charge on any atom is 0.234 e. The van der Waals surface area contributed by atoms with E-state index in [0.29, 0.717) is 17.4 Å². The standard InChI is InChI=1S/C42H27N5O2S/c1-3-18-43-38(11-1)28-7-5-9-32(21-28)48-34-13-15-36-37-16-14-35(49-33-10-6-8-29(22-33)39-12-2-4-19-44-39)24-41(37)47(40(36)23-34)42-45-25-31(26-46-42)30-17-20-50-27-30/h1-27H. The van der Waals surface area contributed by atoms with Crippen molar-refractivity contribution in [2.24, 2.45) is 0 Å². The van der Waals surface area contributed by atoms with Crippen LogP contribution in [-0.4, -0.2) is 24.5 Å². The van der Waals surface area contributed by atoms with E-state index in [1.807, 2.05) is 122 Å². The van der Waals surface area contributed by atoms with Gasteiger partial charge in [-0.25, -0.2) is 9.97 Å². The second-order valence-corrected chi connectivity index (χ2v) is 12.4. The Morgan fingerprint density at radius 1 is 0.460 bits per heavy atom. The van der Waals surface area contributed by atoms with Gasteiger partial charge in [-0.15, -0.1) is 0 Å². The van der Waals surface area contributed by atoms with Crippen molar-refractivity contribution in [1.82, 2.24) is 24.5 Å². The number of hydrogen-bond donors (Lipinski definition) is 0. The highest BCUT2D eigenvalue weighted by atomic mass is 32.1. The summed E-state index contributed by atoms with van der Waals surface area (Å²) in [6.07, 6.45) is 7.32. The molecule has 9 rings (SSSR count). The first-order valence-corrected chi connectivity index (χ1v) is 17.0. The number of nitrogens with zero attached hydrogens (tertiary/aromatic N) is 5. The van der Waals surface area contributed by atoms with Crippen LogP contribution in [-0.2, 0) is 0 Å². The van der Waals surface area contributed by atoms with E-state index < -0.39 is 0 Å². The van der Waals surface area contributed by atoms with Crippen LogP contribution in [0.25, 0.3) is 61.4 Å². The Kier molecular flexibility index (Phi) is 7.53. The van der Waals surface area contributed by atoms with Crippen molar-refractivity contribution in [1.29, 1.82) is 0 Å². The van der Waals surface area contributed by atoms with E-state index in [1.54, 1.807) is 23.7 Å². The van der Waals surface area contributed by atoms with E-state index in [2.05, 4.69) is 43.5 Å². The first-order valence-electron chi connectivity index (χ1n) is 16.1. The summed E-state index contributed by atoms with van der Waals surface area (Å²) in [6.45, 7) is 0. The van der Waals surface area contributed by atoms with Crippen LogP contribution in [0.1, 0.15) is 0 Å². The fraction of sp³-hybridized carbons (Fsp3) is 0. The molecule has 0 N–H and O–H groups in total. The average molecular weight is 666 g/mol. The van der Waals surface area contributed by atoms with E-state index in [-0.39, 0.29) is 0 Å². The quantitative estimate of drug-likeness (QED) is 0.161. The van der Waals surface area contributed by atoms with Gasteiger partial charge in [0.1, 0.15) is 23.0 Å². The minimum atomic E-state index is 0.549. The molecule has 0 atom stereocenters. The van der Waals surface area contributed by atoms with Gasteiger partial charge in [-0.2, -0.15) is 11.3 Å². The van der Waals surface area contributed by atoms with Gasteiger partial charge in [-0.3, -0.25) is 14.5 Å². The molecule has 4 aromatic carbocycles. The van der Waals surface area contributed by atoms with Crippen molar-refractivity contribution in [3.05, 3.63) is 163 Å². The molecular weight excluding hydrogens is 639 g/mol. The molecule has 0 radical (unpaired) electrons. The predicted molar refractivity (Wildman–Crippen MR) is 199 cm³/mol. The average Bonchev–Trinajstić information content (AvgIpc) is 3.83. The summed E-state index contributed by atoms with van der Waals surface area (Å²) in [5.41, 5.74) is 7.62. The van der Waals surface area contributed by atoms with Crippen molar-refractivity contribution in [3.63, 3.8) is 0 Å². The van der Waals surface area contributed by atoms with E-state index in [9.17, 15) is 0 Å². The molecule has 238 valence electrons. The summed E-state index contributed by atoms with van der Waals surface area (Å²) in [5.74, 6) is 3.37. The van der Waals surface area contributed by atoms with Gasteiger partial charge < -0.3 is 9.47 Å². The molecule has 0 saturated heterocycles. The smallest absolute Gasteiger partial charge is 0.234 e. The number of hydrogen-bond acceptors (Lipinski definition) is 7. The summed E-state index contributed by atoms with van der Waals surface area (Å²) in [6, 6.07) is 42.0. The molecule has 0 fully saturated rings. The molecule has 50 heavy (non-hydrogen) atoms. The number of aromatic nitrogens is 5. The molecule has 5 heterocycles. The van der Waals surface area contributed by atoms with Crippen LogP contribution in [0.4, 0.5) is 0 Å². The minimum absolute atomic E-state index is 0.549. The normalized spacial score (nSPS) is 11.2. The van der Waals surface area contributed by atoms with Crippen LogP contribution in [0.3, 0.4) is 0 Å². The van der Waals surface area contributed by atoms with Gasteiger partial charge in [0.2, 0.25) is 5.95 Å². The molecule has 0 aliphatic rings. The van der Waals surface area contributed by atoms with Gasteiger partial charge in [-0.05, 0) is 95.2 Å². The first-order chi connectivity index (χ1) is 24.7. The third-order valence-corrected chi connectivity index (χ3v) is 9.15. The zero-order valence-corrected chi connectivity index (χ0v) is 27.4. The Morgan fingerprint density at radius 3 is 1.52 bits per heavy atom. The van der Waals surface area contributed by atoms with Gasteiger partial charge in [0.05, 0.1) is 22.4 Å². The molecule has 0 unspecified atom stereocenters. The molecule has 0 spiro atoms. The third-order valence-electron chi connectivity index (χ3n) is 8.46. The third kappa shape index (κ3) is 5.74. The Balaban J connectivity index is 1.13. The van der Waals surface area contributed by atoms with Crippen LogP contribution in [0.2, 0.25) is 0 Å². The first kappa shape index (κ1) is 29.5. The Labute approximate surface area is 291 Å². The Morgan fingerprint density at radius 2 is 1.02 bits per heavy atom. The summed E-state index contributed by atoms with van der Waals surface area (Å²) in [5, 5.41) is 6.24. The molecule has 0 aliphatic carbocycles. The molecule has 9 aromatic rings. The number of pyridine rings is 2. The van der Waals surface area contributed by atoms with Crippen LogP contribution < -0.4 is 9.47 Å². The van der Waals surface area contributed by atoms with E-state index in [4.69, 9.17) is 19.4 Å². The van der Waals surface area contributed by atoms with Crippen molar-refractivity contribution in [2.75, 3.05) is 0 Å². The van der Waals surface area contributed by atoms with Gasteiger partial charge in [0.15, 0.2) is 0 Å². The lowest BCUT2D eigenvalue weighted by molar-refractivity contribution is 0.483. The molecule has 0 amide bonds. The van der Waals surface area contributed by atoms with Gasteiger partial charge in [0.25, 0.3) is 0 Å². The van der Waals surface area contributed by atoms with Crippen LogP contribution in [0.15, 0.2) is 163 Å². The largest absolute Gasteiger partial charge is 0.457 e. The van der Waals surface area contributed by atoms with Crippen molar-refractivity contribution >= 4 is 33.1 Å². The number of ether oxygens (including phenoxy) is 2. The zero-order valence-electron chi connectivity index (χ0n) is 26.5. The van der Waals surface area contributed by atoms with Crippen molar-refractivity contribution in [2.45, 2.75) is 0 Å². The monoisotopic (exact) mass is 665 g/mol.